The summed E-state index contributed by atoms with van der Waals surface area (Å²) in [6, 6.07) is 22.1. The first-order valence-electron chi connectivity index (χ1n) is 9.62. The summed E-state index contributed by atoms with van der Waals surface area (Å²) in [5.74, 6) is -0.376. The maximum atomic E-state index is 12.6. The molecule has 0 bridgehead atoms. The zero-order chi connectivity index (χ0) is 21.0. The van der Waals surface area contributed by atoms with Gasteiger partial charge in [0.15, 0.2) is 0 Å². The predicted molar refractivity (Wildman–Crippen MR) is 119 cm³/mol. The lowest BCUT2D eigenvalue weighted by Gasteiger charge is -2.19. The molecule has 4 nitrogen and oxygen atoms in total. The zero-order valence-corrected chi connectivity index (χ0v) is 17.2. The molecule has 0 atom stereocenters. The molecule has 148 valence electrons. The van der Waals surface area contributed by atoms with Gasteiger partial charge in [-0.25, -0.2) is 0 Å². The van der Waals surface area contributed by atoms with Crippen molar-refractivity contribution in [2.45, 2.75) is 33.1 Å². The third-order valence-corrected chi connectivity index (χ3v) is 4.71. The highest BCUT2D eigenvalue weighted by Crippen LogP contribution is 2.23. The summed E-state index contributed by atoms with van der Waals surface area (Å²) < 4.78 is 0. The van der Waals surface area contributed by atoms with Crippen molar-refractivity contribution in [1.82, 2.24) is 0 Å². The summed E-state index contributed by atoms with van der Waals surface area (Å²) >= 11 is 0. The van der Waals surface area contributed by atoms with Gasteiger partial charge in [0.1, 0.15) is 0 Å². The molecule has 2 amide bonds. The summed E-state index contributed by atoms with van der Waals surface area (Å²) in [5, 5.41) is 5.75. The van der Waals surface area contributed by atoms with Crippen LogP contribution in [0, 0.1) is 6.92 Å². The molecule has 0 aliphatic rings. The third kappa shape index (κ3) is 5.32. The van der Waals surface area contributed by atoms with E-state index in [-0.39, 0.29) is 17.2 Å². The van der Waals surface area contributed by atoms with Gasteiger partial charge in [0.2, 0.25) is 0 Å². The van der Waals surface area contributed by atoms with Crippen molar-refractivity contribution in [3.05, 3.63) is 95.1 Å². The van der Waals surface area contributed by atoms with Crippen molar-refractivity contribution >= 4 is 23.2 Å². The van der Waals surface area contributed by atoms with Gasteiger partial charge in [-0.2, -0.15) is 0 Å². The molecule has 0 saturated carbocycles. The molecule has 0 aromatic heterocycles. The van der Waals surface area contributed by atoms with Crippen molar-refractivity contribution in [2.24, 2.45) is 0 Å². The fourth-order valence-corrected chi connectivity index (χ4v) is 2.91. The first-order valence-corrected chi connectivity index (χ1v) is 9.62. The SMILES string of the molecule is Cc1ccc(C(=O)Nc2cccc(NC(=O)c3ccc(C(C)(C)C)cc3)c2)cc1. The number of aryl methyl sites for hydroxylation is 1. The van der Waals surface area contributed by atoms with Gasteiger partial charge in [0.05, 0.1) is 0 Å². The van der Waals surface area contributed by atoms with Crippen LogP contribution in [0.1, 0.15) is 52.6 Å². The predicted octanol–water partition coefficient (Wildman–Crippen LogP) is 5.80. The van der Waals surface area contributed by atoms with Crippen molar-refractivity contribution in [2.75, 3.05) is 10.6 Å². The Bertz CT molecular complexity index is 1010. The molecule has 4 heteroatoms. The lowest BCUT2D eigenvalue weighted by Crippen LogP contribution is -2.15. The summed E-state index contributed by atoms with van der Waals surface area (Å²) in [7, 11) is 0. The average molecular weight is 386 g/mol. The quantitative estimate of drug-likeness (QED) is 0.595. The van der Waals surface area contributed by atoms with Crippen LogP contribution in [0.15, 0.2) is 72.8 Å². The summed E-state index contributed by atoms with van der Waals surface area (Å²) in [6.07, 6.45) is 0. The molecule has 0 aliphatic carbocycles. The Kier molecular flexibility index (Phi) is 5.83. The van der Waals surface area contributed by atoms with E-state index >= 15 is 0 Å². The van der Waals surface area contributed by atoms with E-state index < -0.39 is 0 Å². The van der Waals surface area contributed by atoms with Gasteiger partial charge in [-0.1, -0.05) is 56.7 Å². The minimum absolute atomic E-state index is 0.0407. The molecule has 0 heterocycles. The van der Waals surface area contributed by atoms with Crippen LogP contribution in [0.3, 0.4) is 0 Å². The number of carbonyl (C=O) groups is 2. The van der Waals surface area contributed by atoms with Crippen LogP contribution in [0.25, 0.3) is 0 Å². The number of rotatable bonds is 4. The molecule has 0 fully saturated rings. The van der Waals surface area contributed by atoms with Crippen LogP contribution in [-0.2, 0) is 5.41 Å². The lowest BCUT2D eigenvalue weighted by atomic mass is 9.87. The number of amides is 2. The number of anilines is 2. The maximum absolute atomic E-state index is 12.6. The second-order valence-corrected chi connectivity index (χ2v) is 8.18. The Balaban J connectivity index is 1.68. The Morgan fingerprint density at radius 3 is 1.59 bits per heavy atom. The van der Waals surface area contributed by atoms with Gasteiger partial charge in [-0.15, -0.1) is 0 Å². The van der Waals surface area contributed by atoms with Gasteiger partial charge in [0, 0.05) is 22.5 Å². The molecule has 0 radical (unpaired) electrons. The first-order chi connectivity index (χ1) is 13.7. The third-order valence-electron chi connectivity index (χ3n) is 4.71. The highest BCUT2D eigenvalue weighted by atomic mass is 16.2. The van der Waals surface area contributed by atoms with Crippen LogP contribution >= 0.6 is 0 Å². The normalized spacial score (nSPS) is 11.0. The molecule has 3 aromatic carbocycles. The lowest BCUT2D eigenvalue weighted by molar-refractivity contribution is 0.101. The number of hydrogen-bond acceptors (Lipinski definition) is 2. The van der Waals surface area contributed by atoms with Crippen LogP contribution in [-0.4, -0.2) is 11.8 Å². The largest absolute Gasteiger partial charge is 0.322 e. The standard InChI is InChI=1S/C25H26N2O2/c1-17-8-10-18(11-9-17)23(28)26-21-6-5-7-22(16-21)27-24(29)19-12-14-20(15-13-19)25(2,3)4/h5-16H,1-4H3,(H,26,28)(H,27,29). The Morgan fingerprint density at radius 2 is 1.14 bits per heavy atom. The van der Waals surface area contributed by atoms with Crippen molar-refractivity contribution in [3.63, 3.8) is 0 Å². The molecule has 29 heavy (non-hydrogen) atoms. The van der Waals surface area contributed by atoms with Crippen molar-refractivity contribution in [1.29, 1.82) is 0 Å². The Morgan fingerprint density at radius 1 is 0.690 bits per heavy atom. The topological polar surface area (TPSA) is 58.2 Å². The number of nitrogens with one attached hydrogen (secondary N) is 2. The van der Waals surface area contributed by atoms with Gasteiger partial charge >= 0.3 is 0 Å². The minimum atomic E-state index is -0.189. The van der Waals surface area contributed by atoms with Gasteiger partial charge < -0.3 is 10.6 Å². The summed E-state index contributed by atoms with van der Waals surface area (Å²) in [4.78, 5) is 25.0. The Hall–Kier alpha value is -3.40. The highest BCUT2D eigenvalue weighted by Gasteiger charge is 2.14. The van der Waals surface area contributed by atoms with E-state index in [9.17, 15) is 9.59 Å². The van der Waals surface area contributed by atoms with Crippen molar-refractivity contribution < 1.29 is 9.59 Å². The van der Waals surface area contributed by atoms with E-state index in [1.54, 1.807) is 36.4 Å². The number of hydrogen-bond donors (Lipinski definition) is 2. The minimum Gasteiger partial charge on any atom is -0.322 e. The van der Waals surface area contributed by atoms with E-state index in [0.29, 0.717) is 22.5 Å². The second-order valence-electron chi connectivity index (χ2n) is 8.18. The monoisotopic (exact) mass is 386 g/mol. The second kappa shape index (κ2) is 8.31. The van der Waals surface area contributed by atoms with E-state index in [0.717, 1.165) is 5.56 Å². The molecule has 0 unspecified atom stereocenters. The van der Waals surface area contributed by atoms with Crippen LogP contribution in [0.2, 0.25) is 0 Å². The van der Waals surface area contributed by atoms with E-state index in [4.69, 9.17) is 0 Å². The zero-order valence-electron chi connectivity index (χ0n) is 17.2. The number of benzene rings is 3. The molecule has 0 saturated heterocycles. The molecule has 2 N–H and O–H groups in total. The van der Waals surface area contributed by atoms with E-state index in [1.807, 2.05) is 43.3 Å². The van der Waals surface area contributed by atoms with Crippen molar-refractivity contribution in [3.8, 4) is 0 Å². The summed E-state index contributed by atoms with van der Waals surface area (Å²) in [6.45, 7) is 8.39. The van der Waals surface area contributed by atoms with Gasteiger partial charge in [-0.3, -0.25) is 9.59 Å². The van der Waals surface area contributed by atoms with E-state index in [1.165, 1.54) is 5.56 Å². The van der Waals surface area contributed by atoms with Gasteiger partial charge in [0.25, 0.3) is 11.8 Å². The summed E-state index contributed by atoms with van der Waals surface area (Å²) in [5.41, 5.74) is 4.74. The van der Waals surface area contributed by atoms with Crippen LogP contribution < -0.4 is 10.6 Å². The maximum Gasteiger partial charge on any atom is 0.255 e. The molecular weight excluding hydrogens is 360 g/mol. The van der Waals surface area contributed by atoms with Crippen LogP contribution in [0.5, 0.6) is 0 Å². The first kappa shape index (κ1) is 20.3. The molecule has 3 rings (SSSR count). The molecular formula is C25H26N2O2. The smallest absolute Gasteiger partial charge is 0.255 e. The van der Waals surface area contributed by atoms with Gasteiger partial charge in [-0.05, 0) is 60.4 Å². The van der Waals surface area contributed by atoms with E-state index in [2.05, 4.69) is 31.4 Å². The average Bonchev–Trinajstić information content (AvgIpc) is 2.68. The Labute approximate surface area is 172 Å². The highest BCUT2D eigenvalue weighted by molar-refractivity contribution is 6.06. The molecule has 3 aromatic rings. The van der Waals surface area contributed by atoms with Crippen LogP contribution in [0.4, 0.5) is 11.4 Å². The fourth-order valence-electron chi connectivity index (χ4n) is 2.91. The molecule has 0 spiro atoms. The number of carbonyl (C=O) groups excluding carboxylic acids is 2. The molecule has 0 aliphatic heterocycles. The fraction of sp³-hybridized carbons (Fsp3) is 0.200.